The molecule has 1 aliphatic rings. The number of nitrogens with one attached hydrogen (secondary N) is 2. The fourth-order valence-electron chi connectivity index (χ4n) is 1.86. The third kappa shape index (κ3) is 2.92. The summed E-state index contributed by atoms with van der Waals surface area (Å²) in [7, 11) is 0. The van der Waals surface area contributed by atoms with Gasteiger partial charge in [0.25, 0.3) is 0 Å². The molecule has 0 atom stereocenters. The summed E-state index contributed by atoms with van der Waals surface area (Å²) < 4.78 is 1.02. The van der Waals surface area contributed by atoms with Crippen LogP contribution in [0.15, 0.2) is 22.8 Å². The van der Waals surface area contributed by atoms with Crippen molar-refractivity contribution in [3.05, 3.63) is 22.8 Å². The number of anilines is 1. The summed E-state index contributed by atoms with van der Waals surface area (Å²) in [6.07, 6.45) is 4.11. The Hall–Kier alpha value is -0.610. The zero-order valence-electron chi connectivity index (χ0n) is 8.89. The van der Waals surface area contributed by atoms with Crippen molar-refractivity contribution in [1.82, 2.24) is 10.3 Å². The predicted octanol–water partition coefficient (Wildman–Crippen LogP) is 2.40. The Morgan fingerprint density at radius 2 is 2.13 bits per heavy atom. The first-order valence-corrected chi connectivity index (χ1v) is 6.08. The molecule has 3 nitrogen and oxygen atoms in total. The summed E-state index contributed by atoms with van der Waals surface area (Å²) in [5, 5.41) is 6.88. The van der Waals surface area contributed by atoms with Gasteiger partial charge < -0.3 is 10.6 Å². The zero-order chi connectivity index (χ0) is 10.7. The van der Waals surface area contributed by atoms with Crippen molar-refractivity contribution in [3.63, 3.8) is 0 Å². The van der Waals surface area contributed by atoms with Gasteiger partial charge in [0.05, 0.1) is 0 Å². The van der Waals surface area contributed by atoms with Gasteiger partial charge in [0.2, 0.25) is 0 Å². The van der Waals surface area contributed by atoms with Crippen LogP contribution in [0.3, 0.4) is 0 Å². The minimum atomic E-state index is 0.187. The zero-order valence-corrected chi connectivity index (χ0v) is 10.5. The highest BCUT2D eigenvalue weighted by Gasteiger charge is 2.26. The summed E-state index contributed by atoms with van der Waals surface area (Å²) in [4.78, 5) is 4.34. The molecule has 1 aliphatic heterocycles. The molecule has 0 saturated carbocycles. The van der Waals surface area contributed by atoms with Crippen molar-refractivity contribution in [1.29, 1.82) is 0 Å². The van der Waals surface area contributed by atoms with E-state index in [1.807, 2.05) is 18.3 Å². The Bertz CT molecular complexity index is 317. The molecule has 1 aromatic heterocycles. The van der Waals surface area contributed by atoms with Gasteiger partial charge in [-0.25, -0.2) is 4.98 Å². The van der Waals surface area contributed by atoms with Gasteiger partial charge in [-0.1, -0.05) is 0 Å². The maximum atomic E-state index is 4.34. The summed E-state index contributed by atoms with van der Waals surface area (Å²) >= 11 is 3.38. The second-order valence-electron chi connectivity index (χ2n) is 4.30. The van der Waals surface area contributed by atoms with Gasteiger partial charge in [-0.3, -0.25) is 0 Å². The number of pyridine rings is 1. The number of hydrogen-bond donors (Lipinski definition) is 2. The van der Waals surface area contributed by atoms with E-state index in [2.05, 4.69) is 38.5 Å². The minimum Gasteiger partial charge on any atom is -0.365 e. The molecule has 2 N–H and O–H groups in total. The first-order valence-electron chi connectivity index (χ1n) is 5.28. The highest BCUT2D eigenvalue weighted by molar-refractivity contribution is 9.10. The van der Waals surface area contributed by atoms with Crippen LogP contribution in [0.1, 0.15) is 19.8 Å². The number of nitrogens with zero attached hydrogens (tertiary/aromatic N) is 1. The van der Waals surface area contributed by atoms with E-state index in [0.717, 1.165) is 36.2 Å². The summed E-state index contributed by atoms with van der Waals surface area (Å²) in [6.45, 7) is 4.43. The van der Waals surface area contributed by atoms with Crippen LogP contribution in [0.5, 0.6) is 0 Å². The van der Waals surface area contributed by atoms with E-state index in [1.54, 1.807) is 0 Å². The van der Waals surface area contributed by atoms with Gasteiger partial charge in [0.1, 0.15) is 5.82 Å². The van der Waals surface area contributed by atoms with Crippen LogP contribution in [-0.4, -0.2) is 23.6 Å². The lowest BCUT2D eigenvalue weighted by molar-refractivity contribution is 0.364. The van der Waals surface area contributed by atoms with Crippen LogP contribution >= 0.6 is 15.9 Å². The smallest absolute Gasteiger partial charge is 0.126 e. The predicted molar refractivity (Wildman–Crippen MR) is 66.1 cm³/mol. The Kier molecular flexibility index (Phi) is 3.26. The lowest BCUT2D eigenvalue weighted by Gasteiger charge is -2.35. The van der Waals surface area contributed by atoms with Crippen LogP contribution in [-0.2, 0) is 0 Å². The standard InChI is InChI=1S/C11H16BrN3/c1-11(4-6-13-7-5-11)15-10-3-2-9(12)8-14-10/h2-3,8,13H,4-7H2,1H3,(H,14,15). The van der Waals surface area contributed by atoms with Gasteiger partial charge in [-0.05, 0) is 60.9 Å². The van der Waals surface area contributed by atoms with Gasteiger partial charge >= 0.3 is 0 Å². The van der Waals surface area contributed by atoms with E-state index in [9.17, 15) is 0 Å². The third-order valence-corrected chi connectivity index (χ3v) is 3.33. The quantitative estimate of drug-likeness (QED) is 0.866. The lowest BCUT2D eigenvalue weighted by Crippen LogP contribution is -2.45. The molecule has 2 heterocycles. The van der Waals surface area contributed by atoms with Crippen LogP contribution in [0, 0.1) is 0 Å². The number of halogens is 1. The number of hydrogen-bond acceptors (Lipinski definition) is 3. The summed E-state index contributed by atoms with van der Waals surface area (Å²) in [6, 6.07) is 4.02. The van der Waals surface area contributed by atoms with Crippen LogP contribution in [0.2, 0.25) is 0 Å². The van der Waals surface area contributed by atoms with Crippen molar-refractivity contribution >= 4 is 21.7 Å². The molecule has 0 unspecified atom stereocenters. The van der Waals surface area contributed by atoms with Crippen LogP contribution in [0.25, 0.3) is 0 Å². The maximum absolute atomic E-state index is 4.34. The first kappa shape index (κ1) is 10.9. The van der Waals surface area contributed by atoms with Crippen molar-refractivity contribution in [2.45, 2.75) is 25.3 Å². The molecule has 4 heteroatoms. The number of aromatic nitrogens is 1. The topological polar surface area (TPSA) is 37.0 Å². The first-order chi connectivity index (χ1) is 7.18. The van der Waals surface area contributed by atoms with E-state index < -0.39 is 0 Å². The average molecular weight is 270 g/mol. The van der Waals surface area contributed by atoms with Crippen LogP contribution < -0.4 is 10.6 Å². The molecule has 15 heavy (non-hydrogen) atoms. The molecule has 82 valence electrons. The van der Waals surface area contributed by atoms with Crippen molar-refractivity contribution in [2.75, 3.05) is 18.4 Å². The Balaban J connectivity index is 2.03. The number of piperidine rings is 1. The summed E-state index contributed by atoms with van der Waals surface area (Å²) in [5.74, 6) is 0.961. The van der Waals surface area contributed by atoms with E-state index in [0.29, 0.717) is 0 Å². The molecule has 2 rings (SSSR count). The SMILES string of the molecule is CC1(Nc2ccc(Br)cn2)CCNCC1. The van der Waals surface area contributed by atoms with Gasteiger partial charge in [0.15, 0.2) is 0 Å². The Labute approximate surface area is 98.8 Å². The van der Waals surface area contributed by atoms with E-state index >= 15 is 0 Å². The normalized spacial score (nSPS) is 19.9. The molecule has 0 bridgehead atoms. The van der Waals surface area contributed by atoms with E-state index in [-0.39, 0.29) is 5.54 Å². The molecule has 0 radical (unpaired) electrons. The fourth-order valence-corrected chi connectivity index (χ4v) is 2.10. The molecule has 1 aromatic rings. The van der Waals surface area contributed by atoms with Gasteiger partial charge in [0, 0.05) is 16.2 Å². The maximum Gasteiger partial charge on any atom is 0.126 e. The number of rotatable bonds is 2. The second-order valence-corrected chi connectivity index (χ2v) is 5.21. The van der Waals surface area contributed by atoms with E-state index in [4.69, 9.17) is 0 Å². The molecular weight excluding hydrogens is 254 g/mol. The average Bonchev–Trinajstić information content (AvgIpc) is 2.22. The van der Waals surface area contributed by atoms with Gasteiger partial charge in [-0.15, -0.1) is 0 Å². The molecule has 0 aliphatic carbocycles. The molecule has 0 aromatic carbocycles. The fraction of sp³-hybridized carbons (Fsp3) is 0.545. The highest BCUT2D eigenvalue weighted by Crippen LogP contribution is 2.23. The minimum absolute atomic E-state index is 0.187. The third-order valence-electron chi connectivity index (χ3n) is 2.86. The summed E-state index contributed by atoms with van der Waals surface area (Å²) in [5.41, 5.74) is 0.187. The molecule has 0 spiro atoms. The molecule has 0 amide bonds. The molecule has 1 fully saturated rings. The molecule has 1 saturated heterocycles. The van der Waals surface area contributed by atoms with Crippen molar-refractivity contribution in [3.8, 4) is 0 Å². The second kappa shape index (κ2) is 4.49. The molecular formula is C11H16BrN3. The largest absolute Gasteiger partial charge is 0.365 e. The lowest BCUT2D eigenvalue weighted by atomic mass is 9.91. The van der Waals surface area contributed by atoms with E-state index in [1.165, 1.54) is 0 Å². The van der Waals surface area contributed by atoms with Gasteiger partial charge in [-0.2, -0.15) is 0 Å². The Morgan fingerprint density at radius 3 is 2.73 bits per heavy atom. The van der Waals surface area contributed by atoms with Crippen molar-refractivity contribution < 1.29 is 0 Å². The Morgan fingerprint density at radius 1 is 1.40 bits per heavy atom. The monoisotopic (exact) mass is 269 g/mol. The van der Waals surface area contributed by atoms with Crippen molar-refractivity contribution in [2.24, 2.45) is 0 Å². The van der Waals surface area contributed by atoms with Crippen LogP contribution in [0.4, 0.5) is 5.82 Å². The highest BCUT2D eigenvalue weighted by atomic mass is 79.9.